The molecule has 2 rings (SSSR count). The fraction of sp³-hybridized carbons (Fsp3) is 0.526. The van der Waals surface area contributed by atoms with Crippen LogP contribution in [0, 0.1) is 5.92 Å². The highest BCUT2D eigenvalue weighted by molar-refractivity contribution is 5.85. The number of amides is 1. The molecule has 1 fully saturated rings. The van der Waals surface area contributed by atoms with Gasteiger partial charge in [0.25, 0.3) is 0 Å². The summed E-state index contributed by atoms with van der Waals surface area (Å²) in [7, 11) is 3.28. The minimum atomic E-state index is -1.15. The van der Waals surface area contributed by atoms with Crippen molar-refractivity contribution in [1.82, 2.24) is 10.2 Å². The van der Waals surface area contributed by atoms with Crippen LogP contribution >= 0.6 is 0 Å². The first-order chi connectivity index (χ1) is 12.8. The monoisotopic (exact) mass is 378 g/mol. The standard InChI is InChI=1S/C19H26N2O6/c1-4-19(18(25)26)11-14(17(24)20-10-9-15(22)23)16(21(19)2)12-5-7-13(27-3)8-6-12/h5-8,14,16H,4,9-11H2,1-3H3,(H,20,24)(H,22,23)(H,25,26)/t14?,16?,19-/m0/s1. The van der Waals surface area contributed by atoms with Crippen molar-refractivity contribution in [3.8, 4) is 5.75 Å². The third-order valence-corrected chi connectivity index (χ3v) is 5.45. The summed E-state index contributed by atoms with van der Waals surface area (Å²) in [6.45, 7) is 1.80. The molecular weight excluding hydrogens is 352 g/mol. The number of carbonyl (C=O) groups is 3. The molecule has 27 heavy (non-hydrogen) atoms. The van der Waals surface area contributed by atoms with Crippen LogP contribution in [0.2, 0.25) is 0 Å². The second kappa shape index (κ2) is 8.39. The highest BCUT2D eigenvalue weighted by Gasteiger charge is 2.56. The maximum Gasteiger partial charge on any atom is 0.324 e. The lowest BCUT2D eigenvalue weighted by molar-refractivity contribution is -0.150. The van der Waals surface area contributed by atoms with Gasteiger partial charge < -0.3 is 20.3 Å². The van der Waals surface area contributed by atoms with E-state index in [1.54, 1.807) is 38.1 Å². The highest BCUT2D eigenvalue weighted by atomic mass is 16.5. The molecule has 1 saturated heterocycles. The van der Waals surface area contributed by atoms with E-state index < -0.39 is 29.4 Å². The van der Waals surface area contributed by atoms with Crippen molar-refractivity contribution in [2.24, 2.45) is 5.92 Å². The third-order valence-electron chi connectivity index (χ3n) is 5.45. The first-order valence-corrected chi connectivity index (χ1v) is 8.86. The van der Waals surface area contributed by atoms with Crippen LogP contribution in [0.3, 0.4) is 0 Å². The second-order valence-electron chi connectivity index (χ2n) is 6.76. The van der Waals surface area contributed by atoms with Crippen LogP contribution in [0.25, 0.3) is 0 Å². The van der Waals surface area contributed by atoms with E-state index in [4.69, 9.17) is 9.84 Å². The van der Waals surface area contributed by atoms with Crippen LogP contribution in [-0.4, -0.2) is 59.2 Å². The van der Waals surface area contributed by atoms with E-state index >= 15 is 0 Å². The first kappa shape index (κ1) is 20.7. The van der Waals surface area contributed by atoms with Gasteiger partial charge in [-0.15, -0.1) is 0 Å². The predicted octanol–water partition coefficient (Wildman–Crippen LogP) is 1.51. The number of rotatable bonds is 8. The van der Waals surface area contributed by atoms with Gasteiger partial charge in [0.15, 0.2) is 0 Å². The molecule has 8 nitrogen and oxygen atoms in total. The van der Waals surface area contributed by atoms with Gasteiger partial charge in [-0.3, -0.25) is 19.3 Å². The molecule has 0 saturated carbocycles. The quantitative estimate of drug-likeness (QED) is 0.628. The molecule has 1 heterocycles. The molecule has 0 radical (unpaired) electrons. The molecule has 0 bridgehead atoms. The van der Waals surface area contributed by atoms with Crippen molar-refractivity contribution < 1.29 is 29.3 Å². The molecule has 2 unspecified atom stereocenters. The maximum atomic E-state index is 12.8. The number of carboxylic acids is 2. The zero-order chi connectivity index (χ0) is 20.2. The molecular formula is C19H26N2O6. The minimum Gasteiger partial charge on any atom is -0.497 e. The fourth-order valence-corrected chi connectivity index (χ4v) is 3.86. The molecule has 3 atom stereocenters. The average molecular weight is 378 g/mol. The van der Waals surface area contributed by atoms with Crippen molar-refractivity contribution in [2.45, 2.75) is 37.8 Å². The second-order valence-corrected chi connectivity index (χ2v) is 6.76. The Balaban J connectivity index is 2.35. The number of ether oxygens (including phenoxy) is 1. The van der Waals surface area contributed by atoms with E-state index in [1.807, 2.05) is 12.1 Å². The lowest BCUT2D eigenvalue weighted by Crippen LogP contribution is -2.48. The summed E-state index contributed by atoms with van der Waals surface area (Å²) in [5, 5.41) is 21.3. The number of hydrogen-bond acceptors (Lipinski definition) is 5. The van der Waals surface area contributed by atoms with Crippen LogP contribution < -0.4 is 10.1 Å². The molecule has 1 aliphatic rings. The number of hydrogen-bond donors (Lipinski definition) is 3. The Morgan fingerprint density at radius 3 is 2.37 bits per heavy atom. The summed E-state index contributed by atoms with van der Waals surface area (Å²) >= 11 is 0. The van der Waals surface area contributed by atoms with E-state index in [0.29, 0.717) is 12.2 Å². The average Bonchev–Trinajstić information content (AvgIpc) is 2.95. The zero-order valence-electron chi connectivity index (χ0n) is 15.8. The number of likely N-dealkylation sites (N-methyl/N-ethyl adjacent to an activating group) is 1. The van der Waals surface area contributed by atoms with E-state index in [9.17, 15) is 19.5 Å². The van der Waals surface area contributed by atoms with Gasteiger partial charge in [-0.25, -0.2) is 0 Å². The Kier molecular flexibility index (Phi) is 6.43. The predicted molar refractivity (Wildman–Crippen MR) is 97.5 cm³/mol. The maximum absolute atomic E-state index is 12.8. The Bertz CT molecular complexity index is 705. The number of methoxy groups -OCH3 is 1. The Labute approximate surface area is 158 Å². The number of aliphatic carboxylic acids is 2. The van der Waals surface area contributed by atoms with Gasteiger partial charge in [0.2, 0.25) is 5.91 Å². The summed E-state index contributed by atoms with van der Waals surface area (Å²) in [5.41, 5.74) is -0.340. The SMILES string of the molecule is CC[C@@]1(C(=O)O)CC(C(=O)NCCC(=O)O)C(c2ccc(OC)cc2)N1C. The lowest BCUT2D eigenvalue weighted by Gasteiger charge is -2.34. The van der Waals surface area contributed by atoms with Crippen LogP contribution in [0.4, 0.5) is 0 Å². The number of carboxylic acid groups (broad SMARTS) is 2. The van der Waals surface area contributed by atoms with Crippen LogP contribution in [0.5, 0.6) is 5.75 Å². The van der Waals surface area contributed by atoms with Gasteiger partial charge in [0.1, 0.15) is 11.3 Å². The first-order valence-electron chi connectivity index (χ1n) is 8.86. The molecule has 148 valence electrons. The van der Waals surface area contributed by atoms with Gasteiger partial charge in [-0.05, 0) is 37.6 Å². The largest absolute Gasteiger partial charge is 0.497 e. The van der Waals surface area contributed by atoms with Gasteiger partial charge >= 0.3 is 11.9 Å². The Morgan fingerprint density at radius 1 is 1.26 bits per heavy atom. The number of carbonyl (C=O) groups excluding carboxylic acids is 1. The van der Waals surface area contributed by atoms with E-state index in [1.165, 1.54) is 0 Å². The zero-order valence-corrected chi connectivity index (χ0v) is 15.8. The van der Waals surface area contributed by atoms with Crippen LogP contribution in [0.1, 0.15) is 37.8 Å². The molecule has 8 heteroatoms. The number of nitrogens with one attached hydrogen (secondary N) is 1. The van der Waals surface area contributed by atoms with Crippen LogP contribution in [-0.2, 0) is 14.4 Å². The van der Waals surface area contributed by atoms with Crippen molar-refractivity contribution in [2.75, 3.05) is 20.7 Å². The van der Waals surface area contributed by atoms with Crippen molar-refractivity contribution in [3.63, 3.8) is 0 Å². The minimum absolute atomic E-state index is 0.00983. The van der Waals surface area contributed by atoms with E-state index in [0.717, 1.165) is 5.56 Å². The molecule has 0 spiro atoms. The molecule has 1 aliphatic heterocycles. The summed E-state index contributed by atoms with van der Waals surface area (Å²) in [4.78, 5) is 37.2. The molecule has 0 aromatic heterocycles. The van der Waals surface area contributed by atoms with E-state index in [-0.39, 0.29) is 25.3 Å². The molecule has 0 aliphatic carbocycles. The molecule has 1 aromatic rings. The number of nitrogens with zero attached hydrogens (tertiary/aromatic N) is 1. The Hall–Kier alpha value is -2.61. The molecule has 1 aromatic carbocycles. The van der Waals surface area contributed by atoms with Gasteiger partial charge in [0, 0.05) is 12.6 Å². The van der Waals surface area contributed by atoms with Crippen molar-refractivity contribution in [3.05, 3.63) is 29.8 Å². The van der Waals surface area contributed by atoms with Gasteiger partial charge in [-0.2, -0.15) is 0 Å². The molecule has 3 N–H and O–H groups in total. The summed E-state index contributed by atoms with van der Waals surface area (Å²) < 4.78 is 5.17. The van der Waals surface area contributed by atoms with E-state index in [2.05, 4.69) is 5.32 Å². The number of likely N-dealkylation sites (tertiary alicyclic amines) is 1. The van der Waals surface area contributed by atoms with Gasteiger partial charge in [0.05, 0.1) is 19.4 Å². The summed E-state index contributed by atoms with van der Waals surface area (Å²) in [5.74, 6) is -2.23. The smallest absolute Gasteiger partial charge is 0.324 e. The third kappa shape index (κ3) is 4.05. The molecule has 1 amide bonds. The van der Waals surface area contributed by atoms with Crippen molar-refractivity contribution >= 4 is 17.8 Å². The summed E-state index contributed by atoms with van der Waals surface area (Å²) in [6, 6.07) is 6.76. The highest BCUT2D eigenvalue weighted by Crippen LogP contribution is 2.47. The fourth-order valence-electron chi connectivity index (χ4n) is 3.86. The van der Waals surface area contributed by atoms with Crippen LogP contribution in [0.15, 0.2) is 24.3 Å². The topological polar surface area (TPSA) is 116 Å². The lowest BCUT2D eigenvalue weighted by atomic mass is 9.87. The van der Waals surface area contributed by atoms with Crippen molar-refractivity contribution in [1.29, 1.82) is 0 Å². The summed E-state index contributed by atoms with van der Waals surface area (Å²) in [6.07, 6.45) is 0.328. The number of benzene rings is 1. The van der Waals surface area contributed by atoms with Gasteiger partial charge in [-0.1, -0.05) is 19.1 Å². The normalized spacial score (nSPS) is 25.1. The Morgan fingerprint density at radius 2 is 1.89 bits per heavy atom.